The molecule has 0 bridgehead atoms. The fraction of sp³-hybridized carbons (Fsp3) is 0.364. The minimum absolute atomic E-state index is 0. The number of nitrogens with zero attached hydrogens (tertiary/aromatic N) is 2. The van der Waals surface area contributed by atoms with Crippen LogP contribution in [0.2, 0.25) is 0 Å². The molecule has 2 aromatic carbocycles. The van der Waals surface area contributed by atoms with Crippen LogP contribution in [0.15, 0.2) is 59.6 Å². The zero-order chi connectivity index (χ0) is 19.8. The van der Waals surface area contributed by atoms with E-state index in [0.29, 0.717) is 19.5 Å². The van der Waals surface area contributed by atoms with E-state index in [0.717, 1.165) is 35.7 Å². The van der Waals surface area contributed by atoms with Crippen LogP contribution in [0.4, 0.5) is 5.69 Å². The second-order valence-electron chi connectivity index (χ2n) is 6.76. The summed E-state index contributed by atoms with van der Waals surface area (Å²) in [5.74, 6) is 0.929. The van der Waals surface area contributed by atoms with Crippen molar-refractivity contribution in [2.24, 2.45) is 4.99 Å². The van der Waals surface area contributed by atoms with Gasteiger partial charge in [0, 0.05) is 45.9 Å². The Bertz CT molecular complexity index is 796. The summed E-state index contributed by atoms with van der Waals surface area (Å²) in [6.45, 7) is 2.09. The zero-order valence-corrected chi connectivity index (χ0v) is 19.3. The van der Waals surface area contributed by atoms with Gasteiger partial charge in [0.15, 0.2) is 5.96 Å². The lowest BCUT2D eigenvalue weighted by Gasteiger charge is -2.19. The van der Waals surface area contributed by atoms with E-state index < -0.39 is 0 Å². The molecular weight excluding hydrogens is 479 g/mol. The third-order valence-corrected chi connectivity index (χ3v) is 4.92. The summed E-state index contributed by atoms with van der Waals surface area (Å²) in [7, 11) is 3.46. The van der Waals surface area contributed by atoms with E-state index in [4.69, 9.17) is 4.74 Å². The number of methoxy groups -OCH3 is 1. The third kappa shape index (κ3) is 6.43. The molecule has 7 heteroatoms. The van der Waals surface area contributed by atoms with Crippen LogP contribution in [0.25, 0.3) is 0 Å². The summed E-state index contributed by atoms with van der Waals surface area (Å²) >= 11 is 0. The summed E-state index contributed by atoms with van der Waals surface area (Å²) in [6, 6.07) is 18.2. The van der Waals surface area contributed by atoms with Crippen molar-refractivity contribution in [3.8, 4) is 0 Å². The average molecular weight is 508 g/mol. The minimum Gasteiger partial charge on any atom is -0.375 e. The molecule has 6 nitrogen and oxygen atoms in total. The number of hydrogen-bond acceptors (Lipinski definition) is 3. The van der Waals surface area contributed by atoms with Crippen molar-refractivity contribution >= 4 is 41.5 Å². The molecule has 0 aliphatic carbocycles. The zero-order valence-electron chi connectivity index (χ0n) is 16.9. The molecule has 1 saturated heterocycles. The van der Waals surface area contributed by atoms with E-state index in [1.54, 1.807) is 14.2 Å². The summed E-state index contributed by atoms with van der Waals surface area (Å²) in [4.78, 5) is 18.0. The molecule has 1 fully saturated rings. The van der Waals surface area contributed by atoms with Crippen LogP contribution in [-0.4, -0.2) is 39.1 Å². The number of hydrogen-bond donors (Lipinski definition) is 2. The SMILES string of the molecule is CN=C(NCc1ccc(N2CCCC2=O)cc1)NCC(OC)c1ccccc1.I. The molecule has 156 valence electrons. The summed E-state index contributed by atoms with van der Waals surface area (Å²) < 4.78 is 5.59. The Morgan fingerprint density at radius 3 is 2.45 bits per heavy atom. The predicted molar refractivity (Wildman–Crippen MR) is 128 cm³/mol. The number of ether oxygens (including phenoxy) is 1. The molecule has 1 unspecified atom stereocenters. The number of rotatable bonds is 7. The molecule has 1 amide bonds. The van der Waals surface area contributed by atoms with Crippen molar-refractivity contribution in [1.29, 1.82) is 0 Å². The smallest absolute Gasteiger partial charge is 0.227 e. The number of carbonyl (C=O) groups excluding carboxylic acids is 1. The van der Waals surface area contributed by atoms with E-state index in [-0.39, 0.29) is 36.0 Å². The van der Waals surface area contributed by atoms with Crippen molar-refractivity contribution in [1.82, 2.24) is 10.6 Å². The highest BCUT2D eigenvalue weighted by Gasteiger charge is 2.21. The fourth-order valence-corrected chi connectivity index (χ4v) is 3.32. The quantitative estimate of drug-likeness (QED) is 0.342. The van der Waals surface area contributed by atoms with E-state index in [1.807, 2.05) is 47.4 Å². The maximum Gasteiger partial charge on any atom is 0.227 e. The Kier molecular flexibility index (Phi) is 9.40. The summed E-state index contributed by atoms with van der Waals surface area (Å²) in [5.41, 5.74) is 3.23. The van der Waals surface area contributed by atoms with Crippen molar-refractivity contribution in [2.75, 3.05) is 32.1 Å². The van der Waals surface area contributed by atoms with Gasteiger partial charge in [-0.1, -0.05) is 42.5 Å². The molecule has 29 heavy (non-hydrogen) atoms. The first kappa shape index (κ1) is 23.2. The number of guanidine groups is 1. The molecule has 0 aromatic heterocycles. The Hall–Kier alpha value is -2.13. The van der Waals surface area contributed by atoms with Gasteiger partial charge >= 0.3 is 0 Å². The lowest BCUT2D eigenvalue weighted by molar-refractivity contribution is -0.117. The first-order chi connectivity index (χ1) is 13.7. The van der Waals surface area contributed by atoms with Crippen LogP contribution in [0.3, 0.4) is 0 Å². The lowest BCUT2D eigenvalue weighted by Crippen LogP contribution is -2.39. The van der Waals surface area contributed by atoms with Gasteiger partial charge in [0.2, 0.25) is 5.91 Å². The second kappa shape index (κ2) is 11.8. The molecule has 2 aromatic rings. The molecule has 0 spiro atoms. The Labute approximate surface area is 189 Å². The van der Waals surface area contributed by atoms with Gasteiger partial charge in [-0.05, 0) is 29.7 Å². The number of amides is 1. The number of anilines is 1. The molecule has 2 N–H and O–H groups in total. The molecule has 0 saturated carbocycles. The van der Waals surface area contributed by atoms with Crippen molar-refractivity contribution < 1.29 is 9.53 Å². The van der Waals surface area contributed by atoms with Gasteiger partial charge in [0.05, 0.1) is 6.10 Å². The second-order valence-corrected chi connectivity index (χ2v) is 6.76. The summed E-state index contributed by atoms with van der Waals surface area (Å²) in [5, 5.41) is 6.63. The lowest BCUT2D eigenvalue weighted by atomic mass is 10.1. The highest BCUT2D eigenvalue weighted by molar-refractivity contribution is 14.0. The van der Waals surface area contributed by atoms with Gasteiger partial charge in [0.1, 0.15) is 0 Å². The molecule has 1 aliphatic heterocycles. The maximum atomic E-state index is 11.8. The average Bonchev–Trinajstić information content (AvgIpc) is 3.17. The number of aliphatic imine (C=N–C) groups is 1. The molecule has 1 atom stereocenters. The van der Waals surface area contributed by atoms with E-state index >= 15 is 0 Å². The van der Waals surface area contributed by atoms with Crippen LogP contribution in [0.1, 0.15) is 30.1 Å². The largest absolute Gasteiger partial charge is 0.375 e. The molecule has 1 aliphatic rings. The van der Waals surface area contributed by atoms with Crippen molar-refractivity contribution in [2.45, 2.75) is 25.5 Å². The van der Waals surface area contributed by atoms with Crippen LogP contribution in [-0.2, 0) is 16.1 Å². The number of halogens is 1. The van der Waals surface area contributed by atoms with Gasteiger partial charge in [-0.2, -0.15) is 0 Å². The minimum atomic E-state index is -0.0444. The molecule has 1 heterocycles. The van der Waals surface area contributed by atoms with E-state index in [1.165, 1.54) is 0 Å². The topological polar surface area (TPSA) is 66.0 Å². The Morgan fingerprint density at radius 1 is 1.14 bits per heavy atom. The van der Waals surface area contributed by atoms with E-state index in [9.17, 15) is 4.79 Å². The first-order valence-electron chi connectivity index (χ1n) is 9.63. The Morgan fingerprint density at radius 2 is 1.86 bits per heavy atom. The molecule has 0 radical (unpaired) electrons. The van der Waals surface area contributed by atoms with Gasteiger partial charge in [-0.15, -0.1) is 24.0 Å². The van der Waals surface area contributed by atoms with Gasteiger partial charge < -0.3 is 20.3 Å². The van der Waals surface area contributed by atoms with Crippen LogP contribution in [0.5, 0.6) is 0 Å². The van der Waals surface area contributed by atoms with Crippen molar-refractivity contribution in [3.05, 3.63) is 65.7 Å². The van der Waals surface area contributed by atoms with Gasteiger partial charge in [-0.25, -0.2) is 0 Å². The summed E-state index contributed by atoms with van der Waals surface area (Å²) in [6.07, 6.45) is 1.55. The van der Waals surface area contributed by atoms with Gasteiger partial charge in [0.25, 0.3) is 0 Å². The first-order valence-corrected chi connectivity index (χ1v) is 9.63. The monoisotopic (exact) mass is 508 g/mol. The van der Waals surface area contributed by atoms with Crippen LogP contribution >= 0.6 is 24.0 Å². The maximum absolute atomic E-state index is 11.8. The van der Waals surface area contributed by atoms with E-state index in [2.05, 4.69) is 27.8 Å². The Balaban J connectivity index is 0.00000300. The normalized spacial score (nSPS) is 15.0. The van der Waals surface area contributed by atoms with Gasteiger partial charge in [-0.3, -0.25) is 9.79 Å². The van der Waals surface area contributed by atoms with Crippen LogP contribution < -0.4 is 15.5 Å². The predicted octanol–water partition coefficient (Wildman–Crippen LogP) is 3.48. The molecule has 3 rings (SSSR count). The molecular formula is C22H29IN4O2. The number of carbonyl (C=O) groups is 1. The van der Waals surface area contributed by atoms with Crippen molar-refractivity contribution in [3.63, 3.8) is 0 Å². The number of benzene rings is 2. The highest BCUT2D eigenvalue weighted by Crippen LogP contribution is 2.21. The fourth-order valence-electron chi connectivity index (χ4n) is 3.32. The third-order valence-electron chi connectivity index (χ3n) is 4.92. The van der Waals surface area contributed by atoms with Crippen LogP contribution in [0, 0.1) is 0 Å². The highest BCUT2D eigenvalue weighted by atomic mass is 127. The number of nitrogens with one attached hydrogen (secondary N) is 2. The standard InChI is InChI=1S/C22H28N4O2.HI/c1-23-22(25-16-20(28-2)18-7-4-3-5-8-18)24-15-17-10-12-19(13-11-17)26-14-6-9-21(26)27;/h3-5,7-8,10-13,20H,6,9,14-16H2,1-2H3,(H2,23,24,25);1H.